The fourth-order valence-corrected chi connectivity index (χ4v) is 5.48. The average molecular weight is 625 g/mol. The first kappa shape index (κ1) is 28.8. The number of hydrogen-bond donors (Lipinski definition) is 1. The Kier molecular flexibility index (Phi) is 9.18. The van der Waals surface area contributed by atoms with Gasteiger partial charge in [-0.05, 0) is 68.4 Å². The zero-order valence-corrected chi connectivity index (χ0v) is 24.1. The summed E-state index contributed by atoms with van der Waals surface area (Å²) in [5, 5.41) is 3.93. The zero-order chi connectivity index (χ0) is 28.7. The monoisotopic (exact) mass is 623 g/mol. The van der Waals surface area contributed by atoms with Crippen LogP contribution in [0.3, 0.4) is 0 Å². The number of amides is 1. The standard InChI is InChI=1S/C29H26BrN3O6S/c1-3-38-29(35)22-11-9-21(10-12-22)27-16-13-25(39-27)18-31-32-28(34)19-33(24-6-4-5-23(30)17-24)40(36,37)26-14-7-20(2)8-15-26/h4-18H,3,19H2,1-2H3,(H,32,34)/b31-18-. The van der Waals surface area contributed by atoms with Crippen LogP contribution < -0.4 is 9.73 Å². The first-order chi connectivity index (χ1) is 19.2. The number of hydrogen-bond acceptors (Lipinski definition) is 7. The molecule has 1 N–H and O–H groups in total. The van der Waals surface area contributed by atoms with Crippen LogP contribution in [-0.2, 0) is 19.6 Å². The lowest BCUT2D eigenvalue weighted by molar-refractivity contribution is -0.119. The van der Waals surface area contributed by atoms with E-state index in [-0.39, 0.29) is 4.90 Å². The Balaban J connectivity index is 1.45. The van der Waals surface area contributed by atoms with Gasteiger partial charge in [0.25, 0.3) is 15.9 Å². The minimum atomic E-state index is -4.05. The second kappa shape index (κ2) is 12.8. The normalized spacial score (nSPS) is 11.4. The van der Waals surface area contributed by atoms with E-state index >= 15 is 0 Å². The van der Waals surface area contributed by atoms with Gasteiger partial charge in [0.05, 0.1) is 29.0 Å². The summed E-state index contributed by atoms with van der Waals surface area (Å²) in [7, 11) is -4.05. The van der Waals surface area contributed by atoms with Crippen molar-refractivity contribution >= 4 is 49.7 Å². The number of nitrogens with one attached hydrogen (secondary N) is 1. The number of sulfonamides is 1. The molecule has 0 bridgehead atoms. The molecule has 0 aliphatic carbocycles. The van der Waals surface area contributed by atoms with Crippen molar-refractivity contribution in [2.24, 2.45) is 5.10 Å². The maximum atomic E-state index is 13.5. The van der Waals surface area contributed by atoms with Crippen molar-refractivity contribution in [1.82, 2.24) is 5.43 Å². The number of nitrogens with zero attached hydrogens (tertiary/aromatic N) is 2. The summed E-state index contributed by atoms with van der Waals surface area (Å²) in [6.45, 7) is 3.40. The number of halogens is 1. The van der Waals surface area contributed by atoms with Gasteiger partial charge in [-0.1, -0.05) is 51.8 Å². The van der Waals surface area contributed by atoms with E-state index in [1.807, 2.05) is 6.92 Å². The number of ether oxygens (including phenoxy) is 1. The molecular formula is C29H26BrN3O6S. The second-order valence-corrected chi connectivity index (χ2v) is 11.4. The summed E-state index contributed by atoms with van der Waals surface area (Å²) in [6.07, 6.45) is 1.31. The number of rotatable bonds is 10. The fourth-order valence-electron chi connectivity index (χ4n) is 3.68. The smallest absolute Gasteiger partial charge is 0.338 e. The average Bonchev–Trinajstić information content (AvgIpc) is 3.41. The Hall–Kier alpha value is -4.22. The molecule has 0 spiro atoms. The van der Waals surface area contributed by atoms with Gasteiger partial charge in [-0.15, -0.1) is 0 Å². The molecule has 9 nitrogen and oxygen atoms in total. The van der Waals surface area contributed by atoms with E-state index in [2.05, 4.69) is 26.5 Å². The summed E-state index contributed by atoms with van der Waals surface area (Å²) >= 11 is 3.36. The van der Waals surface area contributed by atoms with Gasteiger partial charge in [0.1, 0.15) is 18.1 Å². The Morgan fingerprint density at radius 3 is 2.42 bits per heavy atom. The van der Waals surface area contributed by atoms with Gasteiger partial charge >= 0.3 is 5.97 Å². The third kappa shape index (κ3) is 7.04. The minimum absolute atomic E-state index is 0.0628. The van der Waals surface area contributed by atoms with Crippen LogP contribution in [0.5, 0.6) is 0 Å². The highest BCUT2D eigenvalue weighted by molar-refractivity contribution is 9.10. The Labute approximate surface area is 240 Å². The molecule has 0 radical (unpaired) electrons. The van der Waals surface area contributed by atoms with Crippen LogP contribution in [0, 0.1) is 6.92 Å². The molecule has 4 rings (SSSR count). The van der Waals surface area contributed by atoms with E-state index in [9.17, 15) is 18.0 Å². The van der Waals surface area contributed by atoms with E-state index in [1.54, 1.807) is 79.7 Å². The van der Waals surface area contributed by atoms with Gasteiger partial charge in [-0.3, -0.25) is 9.10 Å². The second-order valence-electron chi connectivity index (χ2n) is 8.60. The van der Waals surface area contributed by atoms with Crippen molar-refractivity contribution in [1.29, 1.82) is 0 Å². The first-order valence-corrected chi connectivity index (χ1v) is 14.4. The third-order valence-electron chi connectivity index (χ3n) is 5.68. The Bertz CT molecular complexity index is 1630. The van der Waals surface area contributed by atoms with Gasteiger partial charge in [-0.2, -0.15) is 5.10 Å². The molecule has 0 fully saturated rings. The Morgan fingerprint density at radius 1 is 1.02 bits per heavy atom. The van der Waals surface area contributed by atoms with Gasteiger partial charge < -0.3 is 9.15 Å². The molecule has 4 aromatic rings. The Morgan fingerprint density at radius 2 is 1.75 bits per heavy atom. The van der Waals surface area contributed by atoms with Crippen LogP contribution in [-0.4, -0.2) is 39.7 Å². The minimum Gasteiger partial charge on any atom is -0.462 e. The predicted octanol–water partition coefficient (Wildman–Crippen LogP) is 5.54. The molecule has 1 aromatic heterocycles. The fraction of sp³-hybridized carbons (Fsp3) is 0.138. The zero-order valence-electron chi connectivity index (χ0n) is 21.7. The van der Waals surface area contributed by atoms with E-state index in [1.165, 1.54) is 18.3 Å². The maximum Gasteiger partial charge on any atom is 0.338 e. The largest absolute Gasteiger partial charge is 0.462 e. The molecule has 3 aromatic carbocycles. The number of carbonyl (C=O) groups is 2. The molecule has 1 heterocycles. The van der Waals surface area contributed by atoms with Crippen molar-refractivity contribution in [3.8, 4) is 11.3 Å². The number of benzene rings is 3. The highest BCUT2D eigenvalue weighted by atomic mass is 79.9. The van der Waals surface area contributed by atoms with E-state index in [4.69, 9.17) is 9.15 Å². The molecule has 0 saturated heterocycles. The molecular weight excluding hydrogens is 598 g/mol. The summed E-state index contributed by atoms with van der Waals surface area (Å²) in [5.41, 5.74) is 4.76. The van der Waals surface area contributed by atoms with Crippen molar-refractivity contribution in [3.05, 3.63) is 106 Å². The number of anilines is 1. The number of aryl methyl sites for hydroxylation is 1. The molecule has 0 saturated carbocycles. The molecule has 0 aliphatic rings. The van der Waals surface area contributed by atoms with Crippen molar-refractivity contribution in [2.45, 2.75) is 18.7 Å². The van der Waals surface area contributed by atoms with Crippen molar-refractivity contribution in [2.75, 3.05) is 17.5 Å². The SMILES string of the molecule is CCOC(=O)c1ccc(-c2ccc(/C=N\NC(=O)CN(c3cccc(Br)c3)S(=O)(=O)c3ccc(C)cc3)o2)cc1. The highest BCUT2D eigenvalue weighted by Crippen LogP contribution is 2.26. The molecule has 206 valence electrons. The topological polar surface area (TPSA) is 118 Å². The van der Waals surface area contributed by atoms with Crippen LogP contribution >= 0.6 is 15.9 Å². The molecule has 40 heavy (non-hydrogen) atoms. The van der Waals surface area contributed by atoms with Crippen LogP contribution in [0.25, 0.3) is 11.3 Å². The lowest BCUT2D eigenvalue weighted by Crippen LogP contribution is -2.39. The van der Waals surface area contributed by atoms with E-state index in [0.29, 0.717) is 33.9 Å². The highest BCUT2D eigenvalue weighted by Gasteiger charge is 2.27. The van der Waals surface area contributed by atoms with Gasteiger partial charge in [0, 0.05) is 10.0 Å². The molecule has 0 aliphatic heterocycles. The molecule has 1 amide bonds. The molecule has 0 atom stereocenters. The van der Waals surface area contributed by atoms with Crippen molar-refractivity contribution in [3.63, 3.8) is 0 Å². The van der Waals surface area contributed by atoms with Crippen LogP contribution in [0.15, 0.2) is 104 Å². The third-order valence-corrected chi connectivity index (χ3v) is 7.96. The molecule has 11 heteroatoms. The lowest BCUT2D eigenvalue weighted by Gasteiger charge is -2.24. The summed E-state index contributed by atoms with van der Waals surface area (Å²) in [5.74, 6) is -0.149. The van der Waals surface area contributed by atoms with E-state index < -0.39 is 28.4 Å². The van der Waals surface area contributed by atoms with Gasteiger partial charge in [-0.25, -0.2) is 18.6 Å². The van der Waals surface area contributed by atoms with Gasteiger partial charge in [0.15, 0.2) is 0 Å². The maximum absolute atomic E-state index is 13.5. The van der Waals surface area contributed by atoms with Gasteiger partial charge in [0.2, 0.25) is 0 Å². The van der Waals surface area contributed by atoms with Crippen LogP contribution in [0.4, 0.5) is 5.69 Å². The summed E-state index contributed by atoms with van der Waals surface area (Å²) in [4.78, 5) is 24.7. The van der Waals surface area contributed by atoms with Crippen molar-refractivity contribution < 1.29 is 27.2 Å². The predicted molar refractivity (Wildman–Crippen MR) is 156 cm³/mol. The number of hydrazone groups is 1. The van der Waals surface area contributed by atoms with Crippen LogP contribution in [0.2, 0.25) is 0 Å². The number of furan rings is 1. The molecule has 0 unspecified atom stereocenters. The summed E-state index contributed by atoms with van der Waals surface area (Å²) in [6, 6.07) is 23.2. The van der Waals surface area contributed by atoms with E-state index in [0.717, 1.165) is 15.4 Å². The first-order valence-electron chi connectivity index (χ1n) is 12.2. The quantitative estimate of drug-likeness (QED) is 0.141. The number of esters is 1. The number of carbonyl (C=O) groups excluding carboxylic acids is 2. The lowest BCUT2D eigenvalue weighted by atomic mass is 10.1. The van der Waals surface area contributed by atoms with Crippen LogP contribution in [0.1, 0.15) is 28.6 Å². The summed E-state index contributed by atoms with van der Waals surface area (Å²) < 4.78 is 39.4.